The van der Waals surface area contributed by atoms with Gasteiger partial charge in [0.2, 0.25) is 18.5 Å². The summed E-state index contributed by atoms with van der Waals surface area (Å²) in [4.78, 5) is 12.3. The minimum absolute atomic E-state index is 0.241. The molecule has 0 radical (unpaired) electrons. The van der Waals surface area contributed by atoms with E-state index in [0.29, 0.717) is 29.8 Å². The number of imidazole rings is 1. The molecule has 0 unspecified atom stereocenters. The van der Waals surface area contributed by atoms with Crippen LogP contribution in [0.25, 0.3) is 11.4 Å². The quantitative estimate of drug-likeness (QED) is 0.711. The summed E-state index contributed by atoms with van der Waals surface area (Å²) in [5, 5.41) is 4.89. The lowest BCUT2D eigenvalue weighted by atomic mass is 10.2. The number of hydrogen-bond acceptors (Lipinski definition) is 8. The molecule has 1 aromatic carbocycles. The molecule has 9 heteroatoms. The van der Waals surface area contributed by atoms with Crippen LogP contribution in [0, 0.1) is 0 Å². The molecule has 0 atom stereocenters. The van der Waals surface area contributed by atoms with Crippen molar-refractivity contribution in [1.82, 2.24) is 20.1 Å². The van der Waals surface area contributed by atoms with E-state index in [1.54, 1.807) is 0 Å². The lowest BCUT2D eigenvalue weighted by molar-refractivity contribution is 0.107. The minimum atomic E-state index is 0.241. The van der Waals surface area contributed by atoms with E-state index < -0.39 is 0 Å². The summed E-state index contributed by atoms with van der Waals surface area (Å²) in [5.74, 6) is 3.05. The molecule has 2 aliphatic heterocycles. The fraction of sp³-hybridized carbons (Fsp3) is 0.312. The van der Waals surface area contributed by atoms with E-state index in [2.05, 4.69) is 20.1 Å². The summed E-state index contributed by atoms with van der Waals surface area (Å²) in [7, 11) is 0. The van der Waals surface area contributed by atoms with Gasteiger partial charge >= 0.3 is 0 Å². The van der Waals surface area contributed by atoms with Crippen LogP contribution in [0.1, 0.15) is 17.3 Å². The smallest absolute Gasteiger partial charge is 0.237 e. The molecule has 2 aliphatic rings. The number of hydrogen-bond donors (Lipinski definition) is 1. The van der Waals surface area contributed by atoms with E-state index in [0.717, 1.165) is 40.9 Å². The minimum Gasteiger partial charge on any atom is -0.454 e. The molecule has 0 amide bonds. The normalized spacial score (nSPS) is 15.4. The largest absolute Gasteiger partial charge is 0.454 e. The summed E-state index contributed by atoms with van der Waals surface area (Å²) >= 11 is 1.53. The molecule has 0 saturated heterocycles. The summed E-state index contributed by atoms with van der Waals surface area (Å²) in [6.45, 7) is 1.55. The number of nitrogens with one attached hydrogen (secondary N) is 1. The molecule has 0 fully saturated rings. The van der Waals surface area contributed by atoms with Crippen LogP contribution in [-0.4, -0.2) is 33.5 Å². The molecular weight excluding hydrogens is 344 g/mol. The Labute approximate surface area is 146 Å². The Bertz CT molecular complexity index is 899. The maximum Gasteiger partial charge on any atom is 0.237 e. The first-order chi connectivity index (χ1) is 12.3. The van der Waals surface area contributed by atoms with Gasteiger partial charge in [0.1, 0.15) is 0 Å². The zero-order valence-electron chi connectivity index (χ0n) is 13.2. The van der Waals surface area contributed by atoms with E-state index in [-0.39, 0.29) is 6.79 Å². The third-order valence-corrected chi connectivity index (χ3v) is 4.87. The second-order valence-corrected chi connectivity index (χ2v) is 6.60. The van der Waals surface area contributed by atoms with Crippen molar-refractivity contribution in [2.75, 3.05) is 13.4 Å². The second kappa shape index (κ2) is 6.08. The predicted octanol–water partition coefficient (Wildman–Crippen LogP) is 2.55. The molecule has 0 aliphatic carbocycles. The SMILES string of the molecule is c1cc2c(cc1-c1noc(CSc3nc4c([nH]3)CCOC4)n1)OCO2. The first kappa shape index (κ1) is 14.8. The lowest BCUT2D eigenvalue weighted by Crippen LogP contribution is -2.08. The molecule has 0 spiro atoms. The summed E-state index contributed by atoms with van der Waals surface area (Å²) in [6, 6.07) is 5.58. The monoisotopic (exact) mass is 358 g/mol. The number of rotatable bonds is 4. The molecule has 0 bridgehead atoms. The van der Waals surface area contributed by atoms with Gasteiger partial charge in [-0.2, -0.15) is 4.98 Å². The lowest BCUT2D eigenvalue weighted by Gasteiger charge is -2.08. The van der Waals surface area contributed by atoms with Gasteiger partial charge in [-0.15, -0.1) is 0 Å². The molecule has 128 valence electrons. The Morgan fingerprint density at radius 1 is 1.16 bits per heavy atom. The number of benzene rings is 1. The summed E-state index contributed by atoms with van der Waals surface area (Å²) < 4.78 is 21.4. The molecule has 1 N–H and O–H groups in total. The van der Waals surface area contributed by atoms with Gasteiger partial charge in [0, 0.05) is 17.7 Å². The number of fused-ring (bicyclic) bond motifs is 2. The molecule has 3 aromatic rings. The van der Waals surface area contributed by atoms with E-state index in [1.165, 1.54) is 11.8 Å². The van der Waals surface area contributed by atoms with Crippen molar-refractivity contribution in [3.8, 4) is 22.9 Å². The van der Waals surface area contributed by atoms with E-state index in [1.807, 2.05) is 18.2 Å². The van der Waals surface area contributed by atoms with E-state index in [9.17, 15) is 0 Å². The van der Waals surface area contributed by atoms with Crippen molar-refractivity contribution in [2.24, 2.45) is 0 Å². The molecule has 2 aromatic heterocycles. The van der Waals surface area contributed by atoms with Crippen molar-refractivity contribution < 1.29 is 18.7 Å². The topological polar surface area (TPSA) is 95.3 Å². The third kappa shape index (κ3) is 2.85. The van der Waals surface area contributed by atoms with Crippen LogP contribution >= 0.6 is 11.8 Å². The van der Waals surface area contributed by atoms with Crippen LogP contribution in [-0.2, 0) is 23.5 Å². The van der Waals surface area contributed by atoms with Crippen molar-refractivity contribution in [3.05, 3.63) is 35.5 Å². The highest BCUT2D eigenvalue weighted by Gasteiger charge is 2.18. The first-order valence-corrected chi connectivity index (χ1v) is 8.84. The first-order valence-electron chi connectivity index (χ1n) is 7.86. The van der Waals surface area contributed by atoms with Gasteiger partial charge in [-0.1, -0.05) is 16.9 Å². The molecule has 5 rings (SSSR count). The van der Waals surface area contributed by atoms with Crippen LogP contribution < -0.4 is 9.47 Å². The van der Waals surface area contributed by atoms with Gasteiger partial charge in [-0.3, -0.25) is 0 Å². The Morgan fingerprint density at radius 2 is 2.12 bits per heavy atom. The van der Waals surface area contributed by atoms with Crippen LogP contribution in [0.15, 0.2) is 27.9 Å². The van der Waals surface area contributed by atoms with Crippen molar-refractivity contribution in [1.29, 1.82) is 0 Å². The zero-order valence-corrected chi connectivity index (χ0v) is 14.0. The van der Waals surface area contributed by atoms with Crippen LogP contribution in [0.4, 0.5) is 0 Å². The molecule has 8 nitrogen and oxygen atoms in total. The average Bonchev–Trinajstić information content (AvgIpc) is 3.37. The Balaban J connectivity index is 1.29. The highest BCUT2D eigenvalue weighted by Crippen LogP contribution is 2.35. The number of aromatic amines is 1. The highest BCUT2D eigenvalue weighted by atomic mass is 32.2. The van der Waals surface area contributed by atoms with Crippen molar-refractivity contribution in [3.63, 3.8) is 0 Å². The number of thioether (sulfide) groups is 1. The van der Waals surface area contributed by atoms with E-state index >= 15 is 0 Å². The van der Waals surface area contributed by atoms with Gasteiger partial charge in [0.15, 0.2) is 16.7 Å². The van der Waals surface area contributed by atoms with Gasteiger partial charge in [0.25, 0.3) is 0 Å². The summed E-state index contributed by atoms with van der Waals surface area (Å²) in [5.41, 5.74) is 2.97. The fourth-order valence-corrected chi connectivity index (χ4v) is 3.50. The van der Waals surface area contributed by atoms with Gasteiger partial charge < -0.3 is 23.7 Å². The number of ether oxygens (including phenoxy) is 3. The van der Waals surface area contributed by atoms with Gasteiger partial charge in [0.05, 0.1) is 24.7 Å². The number of H-pyrrole nitrogens is 1. The molecule has 0 saturated carbocycles. The Hall–Kier alpha value is -2.52. The third-order valence-electron chi connectivity index (χ3n) is 4.01. The van der Waals surface area contributed by atoms with Crippen LogP contribution in [0.5, 0.6) is 11.5 Å². The number of aromatic nitrogens is 4. The molecule has 4 heterocycles. The van der Waals surface area contributed by atoms with Crippen LogP contribution in [0.2, 0.25) is 0 Å². The van der Waals surface area contributed by atoms with Gasteiger partial charge in [-0.05, 0) is 18.2 Å². The maximum absolute atomic E-state index is 5.40. The van der Waals surface area contributed by atoms with Crippen molar-refractivity contribution >= 4 is 11.8 Å². The van der Waals surface area contributed by atoms with Crippen molar-refractivity contribution in [2.45, 2.75) is 23.9 Å². The molecule has 25 heavy (non-hydrogen) atoms. The second-order valence-electron chi connectivity index (χ2n) is 5.64. The van der Waals surface area contributed by atoms with Crippen LogP contribution in [0.3, 0.4) is 0 Å². The maximum atomic E-state index is 5.40. The highest BCUT2D eigenvalue weighted by molar-refractivity contribution is 7.98. The van der Waals surface area contributed by atoms with E-state index in [4.69, 9.17) is 18.7 Å². The van der Waals surface area contributed by atoms with Gasteiger partial charge in [-0.25, -0.2) is 4.98 Å². The Morgan fingerprint density at radius 3 is 3.08 bits per heavy atom. The standard InChI is InChI=1S/C16H14N4O4S/c1-2-12-13(23-8-22-12)5-9(1)15-19-14(24-20-15)7-25-16-17-10-3-4-21-6-11(10)18-16/h1-2,5H,3-4,6-8H2,(H,17,18). The molecular formula is C16H14N4O4S. The number of nitrogens with zero attached hydrogens (tertiary/aromatic N) is 3. The Kier molecular flexibility index (Phi) is 3.60. The zero-order chi connectivity index (χ0) is 16.6. The fourth-order valence-electron chi connectivity index (χ4n) is 2.75. The summed E-state index contributed by atoms with van der Waals surface area (Å²) in [6.07, 6.45) is 0.873. The predicted molar refractivity (Wildman–Crippen MR) is 87.4 cm³/mol. The average molecular weight is 358 g/mol.